The molecular weight excluding hydrogens is 873 g/mol. The minimum atomic E-state index is -5.55. The summed E-state index contributed by atoms with van der Waals surface area (Å²) in [5.74, 6) is -3.47. The van der Waals surface area contributed by atoms with Crippen LogP contribution in [0.5, 0.6) is 17.4 Å². The number of hydrogen-bond acceptors (Lipinski definition) is 20. The standard InChI is InChI=1S/C26H20N8O18S5/c1-10-21(26(37)34-27-10)31-28-12-2-4-14(17(8-12)55(44,45)46)29-32-22-18(56(47,48)49)6-11-7-19(57(50,51)52)23(25(36)20(11)24(22)35)33-30-15-9-13(53(38,39)40)3-5-16(15)54(41,42)43/h2-9,35-36H,1H3,(H2,27,34,37)(H,38,39,40)(H,41,42,43)(H,44,45,46)(H,47,48,49)(H,50,51,52)/b31-28+,32-29+,33-30+. The molecule has 0 aliphatic rings. The summed E-state index contributed by atoms with van der Waals surface area (Å²) in [5.41, 5.74) is -4.75. The van der Waals surface area contributed by atoms with E-state index < -0.39 is 126 Å². The first-order valence-electron chi connectivity index (χ1n) is 14.3. The molecule has 0 amide bonds. The fraction of sp³-hybridized carbons (Fsp3) is 0.0385. The molecule has 0 bridgehead atoms. The summed E-state index contributed by atoms with van der Waals surface area (Å²) in [6.45, 7) is 1.44. The molecule has 4 aromatic carbocycles. The first-order valence-corrected chi connectivity index (χ1v) is 21.5. The highest BCUT2D eigenvalue weighted by Gasteiger charge is 2.30. The quantitative estimate of drug-likeness (QED) is 0.0652. The largest absolute Gasteiger partial charge is 0.505 e. The Morgan fingerprint density at radius 2 is 1.00 bits per heavy atom. The van der Waals surface area contributed by atoms with Crippen LogP contribution in [0.2, 0.25) is 0 Å². The second-order valence-electron chi connectivity index (χ2n) is 11.0. The summed E-state index contributed by atoms with van der Waals surface area (Å²) in [5, 5.41) is 57.3. The molecule has 0 radical (unpaired) electrons. The van der Waals surface area contributed by atoms with Gasteiger partial charge in [0.25, 0.3) is 50.6 Å². The van der Waals surface area contributed by atoms with Gasteiger partial charge < -0.3 is 15.3 Å². The maximum atomic E-state index is 12.4. The molecule has 57 heavy (non-hydrogen) atoms. The Morgan fingerprint density at radius 1 is 0.509 bits per heavy atom. The van der Waals surface area contributed by atoms with Crippen molar-refractivity contribution in [2.45, 2.75) is 31.4 Å². The second kappa shape index (κ2) is 14.6. The van der Waals surface area contributed by atoms with Crippen LogP contribution >= 0.6 is 0 Å². The van der Waals surface area contributed by atoms with Gasteiger partial charge >= 0.3 is 0 Å². The fourth-order valence-electron chi connectivity index (χ4n) is 4.70. The van der Waals surface area contributed by atoms with E-state index in [0.29, 0.717) is 36.4 Å². The second-order valence-corrected chi connectivity index (χ2v) is 18.0. The van der Waals surface area contributed by atoms with E-state index in [1.54, 1.807) is 0 Å². The topological polar surface area (TPSA) is 435 Å². The van der Waals surface area contributed by atoms with Gasteiger partial charge in [-0.1, -0.05) is 0 Å². The molecule has 1 aromatic heterocycles. The van der Waals surface area contributed by atoms with Gasteiger partial charge in [0.1, 0.15) is 42.3 Å². The van der Waals surface area contributed by atoms with Crippen molar-refractivity contribution in [3.8, 4) is 17.4 Å². The van der Waals surface area contributed by atoms with Crippen molar-refractivity contribution < 1.29 is 80.2 Å². The average molecular weight is 893 g/mol. The number of fused-ring (bicyclic) bond motifs is 1. The average Bonchev–Trinajstić information content (AvgIpc) is 3.39. The van der Waals surface area contributed by atoms with E-state index in [1.165, 1.54) is 6.92 Å². The lowest BCUT2D eigenvalue weighted by molar-refractivity contribution is 0.453. The fourth-order valence-corrected chi connectivity index (χ4v) is 7.77. The van der Waals surface area contributed by atoms with E-state index >= 15 is 0 Å². The van der Waals surface area contributed by atoms with Crippen LogP contribution in [0, 0.1) is 6.92 Å². The molecule has 5 rings (SSSR count). The summed E-state index contributed by atoms with van der Waals surface area (Å²) in [6, 6.07) is 4.63. The Labute approximate surface area is 318 Å². The number of nitrogens with one attached hydrogen (secondary N) is 1. The Hall–Kier alpha value is -5.90. The number of H-pyrrole nitrogens is 1. The number of phenolic OH excluding ortho intramolecular Hbond substituents is 2. The lowest BCUT2D eigenvalue weighted by Crippen LogP contribution is -2.02. The van der Waals surface area contributed by atoms with Crippen molar-refractivity contribution in [3.63, 3.8) is 0 Å². The van der Waals surface area contributed by atoms with Gasteiger partial charge in [-0.25, -0.2) is 5.10 Å². The molecule has 0 aliphatic carbocycles. The van der Waals surface area contributed by atoms with Gasteiger partial charge in [-0.15, -0.1) is 25.6 Å². The third kappa shape index (κ3) is 8.90. The third-order valence-electron chi connectivity index (χ3n) is 7.21. The smallest absolute Gasteiger partial charge is 0.296 e. The predicted octanol–water partition coefficient (Wildman–Crippen LogP) is 4.47. The molecule has 5 aromatic rings. The van der Waals surface area contributed by atoms with Crippen LogP contribution < -0.4 is 0 Å². The third-order valence-corrected chi connectivity index (χ3v) is 11.6. The highest BCUT2D eigenvalue weighted by molar-refractivity contribution is 7.87. The molecule has 0 saturated carbocycles. The summed E-state index contributed by atoms with van der Waals surface area (Å²) in [4.78, 5) is -6.05. The van der Waals surface area contributed by atoms with Gasteiger partial charge in [-0.2, -0.15) is 52.3 Å². The molecule has 0 saturated heterocycles. The van der Waals surface area contributed by atoms with E-state index in [2.05, 4.69) is 40.9 Å². The zero-order valence-corrected chi connectivity index (χ0v) is 31.5. The van der Waals surface area contributed by atoms with Gasteiger partial charge in [-0.05, 0) is 60.8 Å². The first kappa shape index (κ1) is 42.2. The van der Waals surface area contributed by atoms with Gasteiger partial charge in [0, 0.05) is 0 Å². The molecule has 1 heterocycles. The summed E-state index contributed by atoms with van der Waals surface area (Å²) in [7, 11) is -26.6. The number of phenols is 2. The van der Waals surface area contributed by atoms with Gasteiger partial charge in [0.15, 0.2) is 17.2 Å². The molecule has 9 N–H and O–H groups in total. The Morgan fingerprint density at radius 3 is 1.46 bits per heavy atom. The van der Waals surface area contributed by atoms with Crippen LogP contribution in [0.1, 0.15) is 5.69 Å². The Balaban J connectivity index is 1.75. The zero-order valence-electron chi connectivity index (χ0n) is 27.5. The SMILES string of the molecule is Cc1n[nH]c(O)c1/N=N/c1ccc(/N=N/c2c(S(=O)(=O)O)cc3cc(S(=O)(=O)O)c(/N=N/c4cc(S(=O)(=O)O)ccc4S(=O)(=O)O)c(O)c3c2O)c(S(=O)(=O)O)c1. The van der Waals surface area contributed by atoms with Crippen molar-refractivity contribution >= 4 is 95.5 Å². The lowest BCUT2D eigenvalue weighted by atomic mass is 10.1. The van der Waals surface area contributed by atoms with E-state index in [1.807, 2.05) is 0 Å². The Kier molecular flexibility index (Phi) is 10.8. The Bertz CT molecular complexity index is 3180. The lowest BCUT2D eigenvalue weighted by Gasteiger charge is -2.13. The van der Waals surface area contributed by atoms with E-state index in [0.717, 1.165) is 12.1 Å². The number of aryl methyl sites for hydroxylation is 1. The van der Waals surface area contributed by atoms with Crippen LogP contribution in [0.3, 0.4) is 0 Å². The molecule has 31 heteroatoms. The molecule has 0 unspecified atom stereocenters. The molecule has 0 aliphatic heterocycles. The number of rotatable bonds is 11. The summed E-state index contributed by atoms with van der Waals surface area (Å²) < 4.78 is 170. The number of aromatic amines is 1. The van der Waals surface area contributed by atoms with Crippen LogP contribution in [-0.2, 0) is 50.6 Å². The molecular formula is C26H20N8O18S5. The van der Waals surface area contributed by atoms with Crippen molar-refractivity contribution in [1.82, 2.24) is 10.2 Å². The van der Waals surface area contributed by atoms with Crippen molar-refractivity contribution in [2.75, 3.05) is 0 Å². The van der Waals surface area contributed by atoms with Crippen LogP contribution in [-0.4, -0.2) is 90.4 Å². The molecule has 26 nitrogen and oxygen atoms in total. The van der Waals surface area contributed by atoms with Crippen molar-refractivity contribution in [3.05, 3.63) is 54.2 Å². The van der Waals surface area contributed by atoms with Crippen molar-refractivity contribution in [1.29, 1.82) is 0 Å². The number of benzene rings is 4. The normalized spacial score (nSPS) is 13.4. The van der Waals surface area contributed by atoms with Gasteiger partial charge in [0.2, 0.25) is 5.88 Å². The van der Waals surface area contributed by atoms with Gasteiger partial charge in [0.05, 0.1) is 21.7 Å². The van der Waals surface area contributed by atoms with Crippen LogP contribution in [0.15, 0.2) is 104 Å². The predicted molar refractivity (Wildman–Crippen MR) is 187 cm³/mol. The number of hydrogen-bond donors (Lipinski definition) is 9. The molecule has 0 atom stereocenters. The van der Waals surface area contributed by atoms with E-state index in [4.69, 9.17) is 0 Å². The number of azo groups is 3. The van der Waals surface area contributed by atoms with E-state index in [9.17, 15) is 80.2 Å². The zero-order chi connectivity index (χ0) is 42.6. The highest BCUT2D eigenvalue weighted by Crippen LogP contribution is 2.50. The maximum absolute atomic E-state index is 12.4. The van der Waals surface area contributed by atoms with Crippen molar-refractivity contribution in [2.24, 2.45) is 30.7 Å². The van der Waals surface area contributed by atoms with E-state index in [-0.39, 0.29) is 17.1 Å². The molecule has 302 valence electrons. The number of nitrogens with zero attached hydrogens (tertiary/aromatic N) is 7. The minimum Gasteiger partial charge on any atom is -0.505 e. The van der Waals surface area contributed by atoms with Crippen LogP contribution in [0.25, 0.3) is 10.8 Å². The highest BCUT2D eigenvalue weighted by atomic mass is 32.2. The first-order chi connectivity index (χ1) is 26.1. The monoisotopic (exact) mass is 892 g/mol. The number of aromatic hydroxyl groups is 3. The molecule has 0 spiro atoms. The molecule has 0 fully saturated rings. The number of aromatic nitrogens is 2. The summed E-state index contributed by atoms with van der Waals surface area (Å²) in [6.07, 6.45) is 0. The minimum absolute atomic E-state index is 0.137. The van der Waals surface area contributed by atoms with Crippen LogP contribution in [0.4, 0.5) is 34.1 Å². The summed E-state index contributed by atoms with van der Waals surface area (Å²) >= 11 is 0. The maximum Gasteiger partial charge on any atom is 0.296 e. The van der Waals surface area contributed by atoms with Gasteiger partial charge in [-0.3, -0.25) is 22.8 Å².